The number of aliphatic hydroxyl groups is 1. The van der Waals surface area contributed by atoms with Gasteiger partial charge in [-0.1, -0.05) is 36.4 Å². The summed E-state index contributed by atoms with van der Waals surface area (Å²) in [5, 5.41) is 19.2. The molecule has 0 atom stereocenters. The molecule has 0 spiro atoms. The zero-order valence-corrected chi connectivity index (χ0v) is 13.2. The van der Waals surface area contributed by atoms with Crippen molar-refractivity contribution in [1.29, 1.82) is 5.41 Å². The third-order valence-electron chi connectivity index (χ3n) is 3.59. The smallest absolute Gasteiger partial charge is 0.135 e. The van der Waals surface area contributed by atoms with Crippen LogP contribution in [0.3, 0.4) is 0 Å². The lowest BCUT2D eigenvalue weighted by Gasteiger charge is -2.15. The van der Waals surface area contributed by atoms with Gasteiger partial charge < -0.3 is 10.0 Å². The lowest BCUT2D eigenvalue weighted by molar-refractivity contribution is 0.362. The molecule has 0 saturated heterocycles. The summed E-state index contributed by atoms with van der Waals surface area (Å²) in [7, 11) is 0. The molecule has 0 unspecified atom stereocenters. The summed E-state index contributed by atoms with van der Waals surface area (Å²) in [6.07, 6.45) is 1.73. The standard InChI is InChI=1S/C17H17N3OS/c1-3-9-20-10-13(21)14(16(20)18)17-19-15(11(2)22-17)12-7-5-4-6-8-12/h3-8,18,21H,1,9-10H2,2H3. The summed E-state index contributed by atoms with van der Waals surface area (Å²) in [6.45, 7) is 6.59. The van der Waals surface area contributed by atoms with Crippen LogP contribution >= 0.6 is 11.3 Å². The van der Waals surface area contributed by atoms with Crippen molar-refractivity contribution in [2.75, 3.05) is 13.1 Å². The predicted molar refractivity (Wildman–Crippen MR) is 91.3 cm³/mol. The zero-order valence-electron chi connectivity index (χ0n) is 12.3. The number of aliphatic hydroxyl groups excluding tert-OH is 1. The van der Waals surface area contributed by atoms with Crippen LogP contribution in [-0.2, 0) is 0 Å². The van der Waals surface area contributed by atoms with Gasteiger partial charge in [0.2, 0.25) is 0 Å². The first-order chi connectivity index (χ1) is 10.6. The molecule has 0 radical (unpaired) electrons. The van der Waals surface area contributed by atoms with Gasteiger partial charge in [0.15, 0.2) is 0 Å². The van der Waals surface area contributed by atoms with Crippen LogP contribution in [0.2, 0.25) is 0 Å². The largest absolute Gasteiger partial charge is 0.510 e. The molecule has 1 aromatic heterocycles. The fourth-order valence-electron chi connectivity index (χ4n) is 2.54. The molecule has 0 fully saturated rings. The number of aromatic nitrogens is 1. The Morgan fingerprint density at radius 1 is 1.41 bits per heavy atom. The SMILES string of the molecule is C=CCN1CC(O)=C(c2nc(-c3ccccc3)c(C)s2)C1=N. The van der Waals surface area contributed by atoms with Crippen LogP contribution < -0.4 is 0 Å². The van der Waals surface area contributed by atoms with Crippen LogP contribution in [0, 0.1) is 12.3 Å². The number of aryl methyl sites for hydroxylation is 1. The third kappa shape index (κ3) is 2.44. The highest BCUT2D eigenvalue weighted by Gasteiger charge is 2.30. The van der Waals surface area contributed by atoms with Crippen molar-refractivity contribution < 1.29 is 5.11 Å². The molecule has 0 bridgehead atoms. The predicted octanol–water partition coefficient (Wildman–Crippen LogP) is 3.87. The van der Waals surface area contributed by atoms with E-state index in [4.69, 9.17) is 5.41 Å². The minimum absolute atomic E-state index is 0.209. The molecular formula is C17H17N3OS. The maximum atomic E-state index is 10.2. The number of hydrogen-bond acceptors (Lipinski definition) is 4. The Bertz CT molecular complexity index is 761. The molecule has 2 aromatic rings. The monoisotopic (exact) mass is 311 g/mol. The second-order valence-electron chi connectivity index (χ2n) is 5.13. The lowest BCUT2D eigenvalue weighted by atomic mass is 10.1. The van der Waals surface area contributed by atoms with E-state index in [-0.39, 0.29) is 5.76 Å². The highest BCUT2D eigenvalue weighted by Crippen LogP contribution is 2.34. The van der Waals surface area contributed by atoms with E-state index in [1.165, 1.54) is 11.3 Å². The van der Waals surface area contributed by atoms with Crippen molar-refractivity contribution in [3.05, 3.63) is 58.6 Å². The van der Waals surface area contributed by atoms with Crippen LogP contribution in [-0.4, -0.2) is 33.9 Å². The number of rotatable bonds is 4. The normalized spacial score (nSPS) is 14.8. The van der Waals surface area contributed by atoms with Gasteiger partial charge in [0.05, 0.1) is 17.8 Å². The highest BCUT2D eigenvalue weighted by molar-refractivity contribution is 7.13. The van der Waals surface area contributed by atoms with Crippen LogP contribution in [0.5, 0.6) is 0 Å². The minimum atomic E-state index is 0.209. The molecule has 0 saturated carbocycles. The highest BCUT2D eigenvalue weighted by atomic mass is 32.1. The molecule has 112 valence electrons. The minimum Gasteiger partial charge on any atom is -0.510 e. The van der Waals surface area contributed by atoms with Gasteiger partial charge in [-0.2, -0.15) is 0 Å². The molecule has 2 heterocycles. The zero-order chi connectivity index (χ0) is 15.7. The summed E-state index contributed by atoms with van der Waals surface area (Å²) in [6, 6.07) is 9.97. The Balaban J connectivity index is 1.99. The van der Waals surface area contributed by atoms with Gasteiger partial charge >= 0.3 is 0 Å². The molecule has 1 aliphatic heterocycles. The van der Waals surface area contributed by atoms with E-state index in [1.54, 1.807) is 11.0 Å². The van der Waals surface area contributed by atoms with E-state index in [0.29, 0.717) is 29.5 Å². The van der Waals surface area contributed by atoms with Gasteiger partial charge in [-0.15, -0.1) is 17.9 Å². The van der Waals surface area contributed by atoms with Crippen molar-refractivity contribution in [2.24, 2.45) is 0 Å². The average Bonchev–Trinajstić information content (AvgIpc) is 3.01. The first-order valence-corrected chi connectivity index (χ1v) is 7.83. The van der Waals surface area contributed by atoms with Gasteiger partial charge in [0, 0.05) is 17.0 Å². The van der Waals surface area contributed by atoms with E-state index in [1.807, 2.05) is 37.3 Å². The fourth-order valence-corrected chi connectivity index (χ4v) is 3.54. The topological polar surface area (TPSA) is 60.2 Å². The second kappa shape index (κ2) is 5.77. The Hall–Kier alpha value is -2.40. The van der Waals surface area contributed by atoms with Gasteiger partial charge in [-0.25, -0.2) is 4.98 Å². The van der Waals surface area contributed by atoms with Crippen molar-refractivity contribution in [3.8, 4) is 11.3 Å². The van der Waals surface area contributed by atoms with Crippen molar-refractivity contribution in [3.63, 3.8) is 0 Å². The number of hydrogen-bond donors (Lipinski definition) is 2. The quantitative estimate of drug-likeness (QED) is 0.843. The number of amidine groups is 1. The average molecular weight is 311 g/mol. The van der Waals surface area contributed by atoms with Crippen LogP contribution in [0.25, 0.3) is 16.8 Å². The lowest BCUT2D eigenvalue weighted by Crippen LogP contribution is -2.26. The molecular weight excluding hydrogens is 294 g/mol. The molecule has 22 heavy (non-hydrogen) atoms. The van der Waals surface area contributed by atoms with Crippen molar-refractivity contribution in [2.45, 2.75) is 6.92 Å². The van der Waals surface area contributed by atoms with Gasteiger partial charge in [-0.05, 0) is 6.92 Å². The summed E-state index contributed by atoms with van der Waals surface area (Å²) in [5.41, 5.74) is 2.50. The Kier molecular flexibility index (Phi) is 3.81. The number of benzene rings is 1. The summed E-state index contributed by atoms with van der Waals surface area (Å²) in [5.74, 6) is 0.519. The van der Waals surface area contributed by atoms with E-state index in [0.717, 1.165) is 16.1 Å². The Labute approximate surface area is 133 Å². The Morgan fingerprint density at radius 3 is 2.82 bits per heavy atom. The van der Waals surface area contributed by atoms with Crippen molar-refractivity contribution in [1.82, 2.24) is 9.88 Å². The molecule has 3 rings (SSSR count). The molecule has 4 nitrogen and oxygen atoms in total. The summed E-state index contributed by atoms with van der Waals surface area (Å²) in [4.78, 5) is 7.52. The number of nitrogens with one attached hydrogen (secondary N) is 1. The van der Waals surface area contributed by atoms with Gasteiger partial charge in [0.25, 0.3) is 0 Å². The first-order valence-electron chi connectivity index (χ1n) is 7.02. The maximum absolute atomic E-state index is 10.2. The summed E-state index contributed by atoms with van der Waals surface area (Å²) >= 11 is 1.51. The molecule has 0 amide bonds. The molecule has 2 N–H and O–H groups in total. The Morgan fingerprint density at radius 2 is 2.14 bits per heavy atom. The van der Waals surface area contributed by atoms with Crippen LogP contribution in [0.15, 0.2) is 48.7 Å². The fraction of sp³-hybridized carbons (Fsp3) is 0.176. The van der Waals surface area contributed by atoms with Gasteiger partial charge in [0.1, 0.15) is 16.6 Å². The van der Waals surface area contributed by atoms with Crippen molar-refractivity contribution >= 4 is 22.7 Å². The molecule has 1 aliphatic rings. The second-order valence-corrected chi connectivity index (χ2v) is 6.33. The van der Waals surface area contributed by atoms with Crippen LogP contribution in [0.1, 0.15) is 9.88 Å². The molecule has 5 heteroatoms. The number of nitrogens with zero attached hydrogens (tertiary/aromatic N) is 2. The number of thiazole rings is 1. The van der Waals surface area contributed by atoms with E-state index >= 15 is 0 Å². The van der Waals surface area contributed by atoms with Gasteiger partial charge in [-0.3, -0.25) is 5.41 Å². The molecule has 0 aliphatic carbocycles. The maximum Gasteiger partial charge on any atom is 0.135 e. The molecule has 1 aromatic carbocycles. The van der Waals surface area contributed by atoms with E-state index < -0.39 is 0 Å². The van der Waals surface area contributed by atoms with Crippen LogP contribution in [0.4, 0.5) is 0 Å². The van der Waals surface area contributed by atoms with E-state index in [9.17, 15) is 5.11 Å². The van der Waals surface area contributed by atoms with E-state index in [2.05, 4.69) is 11.6 Å². The summed E-state index contributed by atoms with van der Waals surface area (Å²) < 4.78 is 0. The third-order valence-corrected chi connectivity index (χ3v) is 4.58. The first kappa shape index (κ1) is 14.5.